The number of likely N-dealkylation sites (N-methyl/N-ethyl adjacent to an activating group) is 2. The van der Waals surface area contributed by atoms with Gasteiger partial charge in [-0.15, -0.1) is 0 Å². The van der Waals surface area contributed by atoms with Gasteiger partial charge in [0.15, 0.2) is 0 Å². The summed E-state index contributed by atoms with van der Waals surface area (Å²) in [5.41, 5.74) is 0. The molecule has 3 atom stereocenters. The third kappa shape index (κ3) is 9.35. The Hall–Kier alpha value is -2.65. The summed E-state index contributed by atoms with van der Waals surface area (Å²) in [7, 11) is 4.29. The number of carbonyl (C=O) groups excluding carboxylic acids is 5. The fourth-order valence-corrected chi connectivity index (χ4v) is 2.89. The SMILES string of the molecule is CNC(=O)N(C)C(=O)[C@@H](C)NC(=O)[C@H](C)NC(=O)[C@H](CC(C)C)N(C)C(=O)CC(C)C. The summed E-state index contributed by atoms with van der Waals surface area (Å²) in [5.74, 6) is -1.41. The Balaban J connectivity index is 5.13. The predicted molar refractivity (Wildman–Crippen MR) is 118 cm³/mol. The molecule has 0 radical (unpaired) electrons. The van der Waals surface area contributed by atoms with Crippen molar-refractivity contribution in [3.05, 3.63) is 0 Å². The van der Waals surface area contributed by atoms with Crippen LogP contribution in [0, 0.1) is 11.8 Å². The zero-order valence-electron chi connectivity index (χ0n) is 20.2. The fraction of sp³-hybridized carbons (Fsp3) is 0.762. The maximum absolute atomic E-state index is 12.9. The molecule has 0 bridgehead atoms. The topological polar surface area (TPSA) is 128 Å². The molecule has 0 saturated heterocycles. The second kappa shape index (κ2) is 12.9. The molecule has 0 heterocycles. The van der Waals surface area contributed by atoms with Crippen molar-refractivity contribution in [2.24, 2.45) is 11.8 Å². The van der Waals surface area contributed by atoms with Gasteiger partial charge in [0, 0.05) is 27.6 Å². The van der Waals surface area contributed by atoms with Gasteiger partial charge in [0.25, 0.3) is 5.91 Å². The number of amides is 6. The fourth-order valence-electron chi connectivity index (χ4n) is 2.89. The van der Waals surface area contributed by atoms with Crippen LogP contribution in [-0.4, -0.2) is 78.7 Å². The van der Waals surface area contributed by atoms with Gasteiger partial charge in [-0.25, -0.2) is 4.79 Å². The summed E-state index contributed by atoms with van der Waals surface area (Å²) in [6.45, 7) is 10.7. The number of nitrogens with zero attached hydrogens (tertiary/aromatic N) is 2. The van der Waals surface area contributed by atoms with Gasteiger partial charge < -0.3 is 20.9 Å². The van der Waals surface area contributed by atoms with Gasteiger partial charge in [0.05, 0.1) is 0 Å². The Bertz CT molecular complexity index is 665. The molecular formula is C21H39N5O5. The number of urea groups is 1. The molecule has 0 aliphatic heterocycles. The highest BCUT2D eigenvalue weighted by Crippen LogP contribution is 2.14. The van der Waals surface area contributed by atoms with Crippen molar-refractivity contribution >= 4 is 29.7 Å². The molecule has 0 unspecified atom stereocenters. The van der Waals surface area contributed by atoms with Crippen LogP contribution in [0.5, 0.6) is 0 Å². The molecular weight excluding hydrogens is 402 g/mol. The van der Waals surface area contributed by atoms with Crippen LogP contribution in [0.1, 0.15) is 54.4 Å². The van der Waals surface area contributed by atoms with E-state index in [0.717, 1.165) is 4.90 Å². The lowest BCUT2D eigenvalue weighted by atomic mass is 10.0. The van der Waals surface area contributed by atoms with Gasteiger partial charge in [-0.1, -0.05) is 27.7 Å². The third-order valence-corrected chi connectivity index (χ3v) is 4.77. The molecule has 10 nitrogen and oxygen atoms in total. The van der Waals surface area contributed by atoms with Crippen LogP contribution < -0.4 is 16.0 Å². The minimum atomic E-state index is -0.962. The highest BCUT2D eigenvalue weighted by Gasteiger charge is 2.31. The first-order valence-corrected chi connectivity index (χ1v) is 10.6. The van der Waals surface area contributed by atoms with Gasteiger partial charge >= 0.3 is 6.03 Å². The Kier molecular flexibility index (Phi) is 11.8. The molecule has 0 aliphatic carbocycles. The quantitative estimate of drug-likeness (QED) is 0.460. The molecule has 0 aromatic carbocycles. The molecule has 0 aliphatic rings. The first kappa shape index (κ1) is 28.4. The van der Waals surface area contributed by atoms with E-state index in [9.17, 15) is 24.0 Å². The Morgan fingerprint density at radius 2 is 1.29 bits per heavy atom. The Morgan fingerprint density at radius 3 is 1.74 bits per heavy atom. The summed E-state index contributed by atoms with van der Waals surface area (Å²) in [4.78, 5) is 63.9. The first-order valence-electron chi connectivity index (χ1n) is 10.6. The van der Waals surface area contributed by atoms with Crippen LogP contribution in [0.25, 0.3) is 0 Å². The van der Waals surface area contributed by atoms with E-state index in [1.165, 1.54) is 32.8 Å². The number of hydrogen-bond donors (Lipinski definition) is 3. The number of carbonyl (C=O) groups is 5. The molecule has 0 spiro atoms. The number of hydrogen-bond acceptors (Lipinski definition) is 5. The minimum absolute atomic E-state index is 0.135. The lowest BCUT2D eigenvalue weighted by Crippen LogP contribution is -2.56. The summed E-state index contributed by atoms with van der Waals surface area (Å²) >= 11 is 0. The number of nitrogens with one attached hydrogen (secondary N) is 3. The molecule has 6 amide bonds. The zero-order valence-corrected chi connectivity index (χ0v) is 20.2. The van der Waals surface area contributed by atoms with Crippen molar-refractivity contribution in [3.63, 3.8) is 0 Å². The van der Waals surface area contributed by atoms with Crippen molar-refractivity contribution in [3.8, 4) is 0 Å². The molecule has 0 fully saturated rings. The van der Waals surface area contributed by atoms with E-state index in [1.807, 2.05) is 27.7 Å². The van der Waals surface area contributed by atoms with Crippen molar-refractivity contribution in [2.45, 2.75) is 72.5 Å². The smallest absolute Gasteiger partial charge is 0.323 e. The molecule has 178 valence electrons. The second-order valence-electron chi connectivity index (χ2n) is 8.66. The second-order valence-corrected chi connectivity index (χ2v) is 8.66. The van der Waals surface area contributed by atoms with Crippen LogP contribution in [-0.2, 0) is 19.2 Å². The molecule has 3 N–H and O–H groups in total. The standard InChI is InChI=1S/C21H39N5O5/c1-12(2)10-16(25(8)17(27)11-13(3)4)19(29)23-14(5)18(28)24-15(6)20(30)26(9)21(31)22-7/h12-16H,10-11H2,1-9H3,(H,22,31)(H,23,29)(H,24,28)/t14-,15+,16-/m0/s1. The molecule has 10 heteroatoms. The van der Waals surface area contributed by atoms with Crippen LogP contribution in [0.15, 0.2) is 0 Å². The lowest BCUT2D eigenvalue weighted by Gasteiger charge is -2.30. The highest BCUT2D eigenvalue weighted by atomic mass is 16.2. The monoisotopic (exact) mass is 441 g/mol. The number of rotatable bonds is 10. The zero-order chi connectivity index (χ0) is 24.5. The summed E-state index contributed by atoms with van der Waals surface area (Å²) in [5, 5.41) is 7.46. The normalized spacial score (nSPS) is 13.8. The van der Waals surface area contributed by atoms with Gasteiger partial charge in [-0.05, 0) is 32.1 Å². The average molecular weight is 442 g/mol. The van der Waals surface area contributed by atoms with Gasteiger partial charge in [0.2, 0.25) is 17.7 Å². The van der Waals surface area contributed by atoms with Crippen molar-refractivity contribution < 1.29 is 24.0 Å². The highest BCUT2D eigenvalue weighted by molar-refractivity contribution is 5.99. The van der Waals surface area contributed by atoms with Crippen molar-refractivity contribution in [1.29, 1.82) is 0 Å². The first-order chi connectivity index (χ1) is 14.2. The Morgan fingerprint density at radius 1 is 0.774 bits per heavy atom. The van der Waals surface area contributed by atoms with Crippen molar-refractivity contribution in [1.82, 2.24) is 25.8 Å². The van der Waals surface area contributed by atoms with E-state index in [2.05, 4.69) is 16.0 Å². The third-order valence-electron chi connectivity index (χ3n) is 4.77. The van der Waals surface area contributed by atoms with Crippen LogP contribution in [0.4, 0.5) is 4.79 Å². The molecule has 0 aromatic heterocycles. The summed E-state index contributed by atoms with van der Waals surface area (Å²) in [6, 6.07) is -3.20. The van der Waals surface area contributed by atoms with Crippen molar-refractivity contribution in [2.75, 3.05) is 21.1 Å². The lowest BCUT2D eigenvalue weighted by molar-refractivity contribution is -0.141. The van der Waals surface area contributed by atoms with E-state index in [4.69, 9.17) is 0 Å². The molecule has 0 rings (SSSR count). The van der Waals surface area contributed by atoms with Crippen LogP contribution in [0.3, 0.4) is 0 Å². The van der Waals surface area contributed by atoms with Gasteiger partial charge in [-0.2, -0.15) is 0 Å². The predicted octanol–water partition coefficient (Wildman–Crippen LogP) is 0.713. The van der Waals surface area contributed by atoms with Crippen LogP contribution >= 0.6 is 0 Å². The largest absolute Gasteiger partial charge is 0.343 e. The van der Waals surface area contributed by atoms with Crippen LogP contribution in [0.2, 0.25) is 0 Å². The van der Waals surface area contributed by atoms with E-state index in [0.29, 0.717) is 12.8 Å². The average Bonchev–Trinajstić information content (AvgIpc) is 2.68. The molecule has 0 saturated carbocycles. The van der Waals surface area contributed by atoms with E-state index < -0.39 is 41.9 Å². The van der Waals surface area contributed by atoms with E-state index >= 15 is 0 Å². The van der Waals surface area contributed by atoms with E-state index in [-0.39, 0.29) is 17.7 Å². The summed E-state index contributed by atoms with van der Waals surface area (Å²) in [6.07, 6.45) is 0.777. The van der Waals surface area contributed by atoms with Gasteiger partial charge in [0.1, 0.15) is 18.1 Å². The number of imide groups is 1. The minimum Gasteiger partial charge on any atom is -0.343 e. The van der Waals surface area contributed by atoms with Gasteiger partial charge in [-0.3, -0.25) is 24.1 Å². The summed E-state index contributed by atoms with van der Waals surface area (Å²) < 4.78 is 0. The molecule has 0 aromatic rings. The Labute approximate surface area is 185 Å². The van der Waals surface area contributed by atoms with E-state index in [1.54, 1.807) is 7.05 Å². The maximum atomic E-state index is 12.9. The maximum Gasteiger partial charge on any atom is 0.323 e. The molecule has 31 heavy (non-hydrogen) atoms.